The molecular weight excluding hydrogens is 416 g/mol. The molecule has 0 spiro atoms. The van der Waals surface area contributed by atoms with Crippen molar-refractivity contribution in [1.82, 2.24) is 9.44 Å². The lowest BCUT2D eigenvalue weighted by Gasteiger charge is -2.08. The Morgan fingerprint density at radius 1 is 0.724 bits per heavy atom. The maximum absolute atomic E-state index is 12.0. The normalized spacial score (nSPS) is 13.3. The highest BCUT2D eigenvalue weighted by Crippen LogP contribution is 2.37. The van der Waals surface area contributed by atoms with Crippen molar-refractivity contribution in [2.24, 2.45) is 0 Å². The van der Waals surface area contributed by atoms with Gasteiger partial charge < -0.3 is 10.2 Å². The molecule has 2 aromatic carbocycles. The summed E-state index contributed by atoms with van der Waals surface area (Å²) < 4.78 is 52.8. The molecule has 158 valence electrons. The lowest BCUT2D eigenvalue weighted by molar-refractivity contribution is 0.300. The first-order valence-corrected chi connectivity index (χ1v) is 12.4. The number of hydrogen-bond donors (Lipinski definition) is 4. The van der Waals surface area contributed by atoms with Gasteiger partial charge in [0.05, 0.1) is 24.7 Å². The van der Waals surface area contributed by atoms with Crippen LogP contribution in [-0.4, -0.2) is 53.4 Å². The van der Waals surface area contributed by atoms with Gasteiger partial charge in [-0.2, -0.15) is 0 Å². The van der Waals surface area contributed by atoms with Crippen molar-refractivity contribution in [2.75, 3.05) is 26.3 Å². The van der Waals surface area contributed by atoms with E-state index < -0.39 is 20.0 Å². The van der Waals surface area contributed by atoms with Gasteiger partial charge in [-0.05, 0) is 39.8 Å². The van der Waals surface area contributed by atoms with Crippen LogP contribution in [0, 0.1) is 0 Å². The van der Waals surface area contributed by atoms with Crippen molar-refractivity contribution >= 4 is 20.0 Å². The molecule has 1 aliphatic rings. The number of hydrogen-bond acceptors (Lipinski definition) is 6. The summed E-state index contributed by atoms with van der Waals surface area (Å²) in [6.45, 7) is -0.548. The highest BCUT2D eigenvalue weighted by atomic mass is 32.2. The first-order valence-electron chi connectivity index (χ1n) is 9.13. The fourth-order valence-corrected chi connectivity index (χ4v) is 5.69. The van der Waals surface area contributed by atoms with Crippen molar-refractivity contribution in [1.29, 1.82) is 0 Å². The maximum atomic E-state index is 12.0. The van der Waals surface area contributed by atoms with Gasteiger partial charge in [0.15, 0.2) is 0 Å². The molecule has 4 N–H and O–H groups in total. The van der Waals surface area contributed by atoms with Crippen molar-refractivity contribution in [3.63, 3.8) is 0 Å². The summed E-state index contributed by atoms with van der Waals surface area (Å²) in [5.41, 5.74) is 5.31. The summed E-state index contributed by atoms with van der Waals surface area (Å²) in [4.78, 5) is 0. The minimum atomic E-state index is -3.52. The average molecular weight is 441 g/mol. The van der Waals surface area contributed by atoms with E-state index in [2.05, 4.69) is 9.44 Å². The zero-order chi connectivity index (χ0) is 21.1. The molecule has 0 heterocycles. The van der Waals surface area contributed by atoms with E-state index in [1.165, 1.54) is 0 Å². The topological polar surface area (TPSA) is 133 Å². The average Bonchev–Trinajstić information content (AvgIpc) is 3.01. The molecule has 0 unspecified atom stereocenters. The van der Waals surface area contributed by atoms with Gasteiger partial charge in [0.1, 0.15) is 0 Å². The molecule has 0 amide bonds. The second-order valence-corrected chi connectivity index (χ2v) is 10.5. The summed E-state index contributed by atoms with van der Waals surface area (Å²) in [6.07, 6.45) is 0.598. The Labute approximate surface area is 170 Å². The summed E-state index contributed by atoms with van der Waals surface area (Å²) in [5.74, 6) is -0.340. The fourth-order valence-electron chi connectivity index (χ4n) is 3.44. The highest BCUT2D eigenvalue weighted by Gasteiger charge is 2.21. The number of nitrogens with one attached hydrogen (secondary N) is 2. The molecule has 0 aliphatic heterocycles. The molecule has 29 heavy (non-hydrogen) atoms. The van der Waals surface area contributed by atoms with E-state index in [-0.39, 0.29) is 37.8 Å². The molecule has 1 aliphatic carbocycles. The second-order valence-electron chi connectivity index (χ2n) is 6.91. The standard InChI is InChI=1S/C19H24N2O6S2/c22-7-5-20-28(24,25)12-14-1-3-18-16(9-14)11-17-10-15(2-4-19(17)18)13-29(26,27)21-6-8-23/h1-4,9-10,20-23H,5-8,11-13H2. The number of aliphatic hydroxyl groups is 2. The Hall–Kier alpha value is -1.82. The molecular formula is C19H24N2O6S2. The number of aliphatic hydroxyl groups excluding tert-OH is 2. The van der Waals surface area contributed by atoms with Crippen molar-refractivity contribution in [3.05, 3.63) is 58.7 Å². The van der Waals surface area contributed by atoms with Crippen molar-refractivity contribution in [2.45, 2.75) is 17.9 Å². The number of rotatable bonds is 10. The van der Waals surface area contributed by atoms with E-state index in [1.54, 1.807) is 12.1 Å². The highest BCUT2D eigenvalue weighted by molar-refractivity contribution is 7.88. The van der Waals surface area contributed by atoms with Crippen LogP contribution >= 0.6 is 0 Å². The molecule has 0 atom stereocenters. The molecule has 3 rings (SSSR count). The van der Waals surface area contributed by atoms with Gasteiger partial charge >= 0.3 is 0 Å². The Kier molecular flexibility index (Phi) is 6.72. The van der Waals surface area contributed by atoms with Crippen LogP contribution in [0.3, 0.4) is 0 Å². The van der Waals surface area contributed by atoms with Crippen molar-refractivity contribution < 1.29 is 27.0 Å². The molecule has 0 radical (unpaired) electrons. The summed E-state index contributed by atoms with van der Waals surface area (Å²) in [5, 5.41) is 17.6. The Morgan fingerprint density at radius 2 is 1.14 bits per heavy atom. The Bertz CT molecular complexity index is 1010. The van der Waals surface area contributed by atoms with Gasteiger partial charge in [-0.15, -0.1) is 0 Å². The lowest BCUT2D eigenvalue weighted by Crippen LogP contribution is -2.27. The first-order chi connectivity index (χ1) is 13.7. The smallest absolute Gasteiger partial charge is 0.215 e. The van der Waals surface area contributed by atoms with Crippen LogP contribution in [0.4, 0.5) is 0 Å². The van der Waals surface area contributed by atoms with E-state index in [0.717, 1.165) is 22.3 Å². The van der Waals surface area contributed by atoms with Crippen LogP contribution in [0.1, 0.15) is 22.3 Å². The predicted octanol–water partition coefficient (Wildman–Crippen LogP) is 0.0812. The van der Waals surface area contributed by atoms with Crippen LogP contribution in [-0.2, 0) is 38.0 Å². The van der Waals surface area contributed by atoms with Gasteiger partial charge in [0.25, 0.3) is 0 Å². The van der Waals surface area contributed by atoms with Gasteiger partial charge in [0, 0.05) is 13.1 Å². The maximum Gasteiger partial charge on any atom is 0.215 e. The van der Waals surface area contributed by atoms with E-state index in [9.17, 15) is 16.8 Å². The summed E-state index contributed by atoms with van der Waals surface area (Å²) in [7, 11) is -7.04. The number of sulfonamides is 2. The van der Waals surface area contributed by atoms with Crippen LogP contribution in [0.25, 0.3) is 11.1 Å². The quantitative estimate of drug-likeness (QED) is 0.353. The van der Waals surface area contributed by atoms with Gasteiger partial charge in [-0.3, -0.25) is 0 Å². The molecule has 2 aromatic rings. The minimum Gasteiger partial charge on any atom is -0.395 e. The van der Waals surface area contributed by atoms with Gasteiger partial charge in [-0.25, -0.2) is 26.3 Å². The molecule has 0 bridgehead atoms. The molecule has 0 saturated carbocycles. The van der Waals surface area contributed by atoms with E-state index in [0.29, 0.717) is 17.5 Å². The zero-order valence-corrected chi connectivity index (χ0v) is 17.4. The molecule has 0 fully saturated rings. The summed E-state index contributed by atoms with van der Waals surface area (Å²) >= 11 is 0. The number of benzene rings is 2. The van der Waals surface area contributed by atoms with Crippen LogP contribution in [0.5, 0.6) is 0 Å². The third-order valence-electron chi connectivity index (χ3n) is 4.59. The monoisotopic (exact) mass is 440 g/mol. The second kappa shape index (κ2) is 8.90. The van der Waals surface area contributed by atoms with Gasteiger partial charge in [0.2, 0.25) is 20.0 Å². The lowest BCUT2D eigenvalue weighted by atomic mass is 10.0. The number of fused-ring (bicyclic) bond motifs is 3. The SMILES string of the molecule is O=S(=O)(Cc1ccc2c(c1)Cc1cc(CS(=O)(=O)NCCO)ccc1-2)NCCO. The molecule has 0 saturated heterocycles. The van der Waals surface area contributed by atoms with E-state index >= 15 is 0 Å². The largest absolute Gasteiger partial charge is 0.395 e. The van der Waals surface area contributed by atoms with Crippen molar-refractivity contribution in [3.8, 4) is 11.1 Å². The first kappa shape index (κ1) is 21.9. The Morgan fingerprint density at radius 3 is 1.52 bits per heavy atom. The molecule has 10 heteroatoms. The third kappa shape index (κ3) is 5.62. The van der Waals surface area contributed by atoms with E-state index in [1.807, 2.05) is 24.3 Å². The predicted molar refractivity (Wildman–Crippen MR) is 110 cm³/mol. The van der Waals surface area contributed by atoms with Crippen LogP contribution in [0.15, 0.2) is 36.4 Å². The van der Waals surface area contributed by atoms with Crippen LogP contribution in [0.2, 0.25) is 0 Å². The third-order valence-corrected chi connectivity index (χ3v) is 7.31. The van der Waals surface area contributed by atoms with Crippen LogP contribution < -0.4 is 9.44 Å². The summed E-state index contributed by atoms with van der Waals surface area (Å²) in [6, 6.07) is 11.0. The molecule has 8 nitrogen and oxygen atoms in total. The Balaban J connectivity index is 1.77. The minimum absolute atomic E-state index is 0.0163. The van der Waals surface area contributed by atoms with E-state index in [4.69, 9.17) is 10.2 Å². The fraction of sp³-hybridized carbons (Fsp3) is 0.368. The molecule has 0 aromatic heterocycles. The van der Waals surface area contributed by atoms with Gasteiger partial charge in [-0.1, -0.05) is 36.4 Å². The zero-order valence-electron chi connectivity index (χ0n) is 15.8.